The fourth-order valence-corrected chi connectivity index (χ4v) is 2.22. The van der Waals surface area contributed by atoms with Crippen molar-refractivity contribution in [2.24, 2.45) is 5.92 Å². The van der Waals surface area contributed by atoms with Crippen LogP contribution in [0.25, 0.3) is 0 Å². The summed E-state index contributed by atoms with van der Waals surface area (Å²) in [5.41, 5.74) is 0. The van der Waals surface area contributed by atoms with Crippen LogP contribution in [-0.4, -0.2) is 34.0 Å². The average molecular weight is 237 g/mol. The minimum absolute atomic E-state index is 0.0539. The normalized spacial score (nSPS) is 20.9. The molecule has 0 aromatic carbocycles. The van der Waals surface area contributed by atoms with Crippen LogP contribution in [0.5, 0.6) is 0 Å². The molecule has 0 saturated carbocycles. The third-order valence-electron chi connectivity index (χ3n) is 3.12. The van der Waals surface area contributed by atoms with Crippen molar-refractivity contribution in [3.63, 3.8) is 0 Å². The first-order valence-electron chi connectivity index (χ1n) is 6.17. The Kier molecular flexibility index (Phi) is 3.45. The van der Waals surface area contributed by atoms with Crippen molar-refractivity contribution in [2.45, 2.75) is 39.5 Å². The molecule has 1 aliphatic rings. The number of hydrogen-bond donors (Lipinski definition) is 0. The highest BCUT2D eigenvalue weighted by molar-refractivity contribution is 5.78. The zero-order chi connectivity index (χ0) is 12.4. The zero-order valence-electron chi connectivity index (χ0n) is 10.6. The molecule has 1 saturated heterocycles. The van der Waals surface area contributed by atoms with Gasteiger partial charge in [0, 0.05) is 19.0 Å². The second kappa shape index (κ2) is 4.85. The maximum absolute atomic E-state index is 11.9. The van der Waals surface area contributed by atoms with Gasteiger partial charge in [-0.1, -0.05) is 19.0 Å². The highest BCUT2D eigenvalue weighted by Crippen LogP contribution is 2.26. The summed E-state index contributed by atoms with van der Waals surface area (Å²) in [6.45, 7) is 7.23. The van der Waals surface area contributed by atoms with Gasteiger partial charge < -0.3 is 9.42 Å². The Morgan fingerprint density at radius 3 is 2.88 bits per heavy atom. The standard InChI is InChI=1S/C12H19N3O2/c1-8(2)12(16)15-6-4-5-10(7-15)11-13-9(3)14-17-11/h8,10H,4-7H2,1-3H3/t10-/m1/s1. The molecule has 0 bridgehead atoms. The number of aryl methyl sites for hydroxylation is 1. The monoisotopic (exact) mass is 237 g/mol. The van der Waals surface area contributed by atoms with Gasteiger partial charge in [-0.05, 0) is 19.8 Å². The first kappa shape index (κ1) is 12.1. The second-order valence-corrected chi connectivity index (χ2v) is 4.96. The maximum Gasteiger partial charge on any atom is 0.231 e. The third kappa shape index (κ3) is 2.65. The van der Waals surface area contributed by atoms with Gasteiger partial charge in [0.05, 0.1) is 5.92 Å². The summed E-state index contributed by atoms with van der Waals surface area (Å²) in [5.74, 6) is 1.80. The average Bonchev–Trinajstić information content (AvgIpc) is 2.75. The van der Waals surface area contributed by atoms with Crippen LogP contribution in [0.4, 0.5) is 0 Å². The molecule has 0 spiro atoms. The molecule has 2 heterocycles. The number of nitrogens with zero attached hydrogens (tertiary/aromatic N) is 3. The van der Waals surface area contributed by atoms with Crippen LogP contribution in [-0.2, 0) is 4.79 Å². The van der Waals surface area contributed by atoms with Crippen molar-refractivity contribution >= 4 is 5.91 Å². The van der Waals surface area contributed by atoms with E-state index in [0.717, 1.165) is 19.4 Å². The minimum Gasteiger partial charge on any atom is -0.342 e. The van der Waals surface area contributed by atoms with E-state index in [-0.39, 0.29) is 17.7 Å². The molecule has 2 rings (SSSR count). The summed E-state index contributed by atoms with van der Waals surface area (Å²) in [6, 6.07) is 0. The Morgan fingerprint density at radius 1 is 1.53 bits per heavy atom. The number of likely N-dealkylation sites (tertiary alicyclic amines) is 1. The molecule has 1 atom stereocenters. The number of piperidine rings is 1. The molecule has 0 N–H and O–H groups in total. The fourth-order valence-electron chi connectivity index (χ4n) is 2.22. The van der Waals surface area contributed by atoms with Crippen molar-refractivity contribution < 1.29 is 9.32 Å². The van der Waals surface area contributed by atoms with Gasteiger partial charge >= 0.3 is 0 Å². The Labute approximate surface area is 101 Å². The highest BCUT2D eigenvalue weighted by atomic mass is 16.5. The van der Waals surface area contributed by atoms with Crippen LogP contribution in [0.1, 0.15) is 44.3 Å². The van der Waals surface area contributed by atoms with Crippen LogP contribution < -0.4 is 0 Å². The van der Waals surface area contributed by atoms with E-state index in [9.17, 15) is 4.79 Å². The molecule has 1 aliphatic heterocycles. The second-order valence-electron chi connectivity index (χ2n) is 4.96. The number of aromatic nitrogens is 2. The van der Waals surface area contributed by atoms with Gasteiger partial charge in [0.15, 0.2) is 5.82 Å². The predicted molar refractivity (Wildman–Crippen MR) is 62.4 cm³/mol. The van der Waals surface area contributed by atoms with Crippen LogP contribution in [0.15, 0.2) is 4.52 Å². The summed E-state index contributed by atoms with van der Waals surface area (Å²) in [6.07, 6.45) is 2.02. The van der Waals surface area contributed by atoms with E-state index in [0.29, 0.717) is 18.3 Å². The van der Waals surface area contributed by atoms with Crippen molar-refractivity contribution in [1.29, 1.82) is 0 Å². The Morgan fingerprint density at radius 2 is 2.29 bits per heavy atom. The van der Waals surface area contributed by atoms with E-state index < -0.39 is 0 Å². The molecule has 17 heavy (non-hydrogen) atoms. The lowest BCUT2D eigenvalue weighted by Gasteiger charge is -2.32. The smallest absolute Gasteiger partial charge is 0.231 e. The van der Waals surface area contributed by atoms with E-state index in [4.69, 9.17) is 4.52 Å². The summed E-state index contributed by atoms with van der Waals surface area (Å²) in [7, 11) is 0. The van der Waals surface area contributed by atoms with Gasteiger partial charge in [-0.3, -0.25) is 4.79 Å². The Balaban J connectivity index is 2.04. The lowest BCUT2D eigenvalue weighted by atomic mass is 9.97. The Bertz CT molecular complexity index is 400. The molecule has 1 aromatic rings. The zero-order valence-corrected chi connectivity index (χ0v) is 10.6. The minimum atomic E-state index is 0.0539. The van der Waals surface area contributed by atoms with Crippen molar-refractivity contribution in [3.05, 3.63) is 11.7 Å². The van der Waals surface area contributed by atoms with Crippen molar-refractivity contribution in [3.8, 4) is 0 Å². The molecule has 5 heteroatoms. The van der Waals surface area contributed by atoms with Gasteiger partial charge in [-0.2, -0.15) is 4.98 Å². The first-order chi connectivity index (χ1) is 8.08. The predicted octanol–water partition coefficient (Wildman–Crippen LogP) is 1.74. The molecular weight excluding hydrogens is 218 g/mol. The molecule has 5 nitrogen and oxygen atoms in total. The fraction of sp³-hybridized carbons (Fsp3) is 0.750. The largest absolute Gasteiger partial charge is 0.342 e. The molecular formula is C12H19N3O2. The number of carbonyl (C=O) groups is 1. The maximum atomic E-state index is 11.9. The van der Waals surface area contributed by atoms with Crippen LogP contribution >= 0.6 is 0 Å². The summed E-state index contributed by atoms with van der Waals surface area (Å²) in [5, 5.41) is 3.81. The van der Waals surface area contributed by atoms with Gasteiger partial charge in [0.1, 0.15) is 0 Å². The topological polar surface area (TPSA) is 59.2 Å². The van der Waals surface area contributed by atoms with Crippen LogP contribution in [0.3, 0.4) is 0 Å². The summed E-state index contributed by atoms with van der Waals surface area (Å²) >= 11 is 0. The van der Waals surface area contributed by atoms with Gasteiger partial charge in [-0.25, -0.2) is 0 Å². The number of amides is 1. The van der Waals surface area contributed by atoms with Gasteiger partial charge in [-0.15, -0.1) is 0 Å². The van der Waals surface area contributed by atoms with E-state index in [1.54, 1.807) is 0 Å². The molecule has 1 aromatic heterocycles. The molecule has 1 amide bonds. The van der Waals surface area contributed by atoms with E-state index in [1.807, 2.05) is 25.7 Å². The molecule has 0 aliphatic carbocycles. The summed E-state index contributed by atoms with van der Waals surface area (Å²) < 4.78 is 5.19. The van der Waals surface area contributed by atoms with Crippen molar-refractivity contribution in [2.75, 3.05) is 13.1 Å². The third-order valence-corrected chi connectivity index (χ3v) is 3.12. The molecule has 0 unspecified atom stereocenters. The molecule has 1 fully saturated rings. The quantitative estimate of drug-likeness (QED) is 0.786. The number of rotatable bonds is 2. The Hall–Kier alpha value is -1.39. The number of carbonyl (C=O) groups excluding carboxylic acids is 1. The van der Waals surface area contributed by atoms with E-state index >= 15 is 0 Å². The molecule has 0 radical (unpaired) electrons. The lowest BCUT2D eigenvalue weighted by Crippen LogP contribution is -2.41. The van der Waals surface area contributed by atoms with E-state index in [2.05, 4.69) is 10.1 Å². The van der Waals surface area contributed by atoms with Gasteiger partial charge in [0.25, 0.3) is 0 Å². The van der Waals surface area contributed by atoms with Crippen LogP contribution in [0.2, 0.25) is 0 Å². The SMILES string of the molecule is Cc1noc([C@@H]2CCCN(C(=O)C(C)C)C2)n1. The molecule has 94 valence electrons. The lowest BCUT2D eigenvalue weighted by molar-refractivity contribution is -0.135. The van der Waals surface area contributed by atoms with Gasteiger partial charge in [0.2, 0.25) is 11.8 Å². The summed E-state index contributed by atoms with van der Waals surface area (Å²) in [4.78, 5) is 18.1. The van der Waals surface area contributed by atoms with E-state index in [1.165, 1.54) is 0 Å². The highest BCUT2D eigenvalue weighted by Gasteiger charge is 2.28. The first-order valence-corrected chi connectivity index (χ1v) is 6.17. The number of hydrogen-bond acceptors (Lipinski definition) is 4. The van der Waals surface area contributed by atoms with Crippen LogP contribution in [0, 0.1) is 12.8 Å². The van der Waals surface area contributed by atoms with Crippen molar-refractivity contribution in [1.82, 2.24) is 15.0 Å².